The van der Waals surface area contributed by atoms with E-state index in [0.29, 0.717) is 6.42 Å². The molecule has 1 aromatic carbocycles. The highest BCUT2D eigenvalue weighted by molar-refractivity contribution is 7.22. The lowest BCUT2D eigenvalue weighted by Gasteiger charge is -2.09. The first kappa shape index (κ1) is 12.2. The first-order valence-corrected chi connectivity index (χ1v) is 7.04. The van der Waals surface area contributed by atoms with Gasteiger partial charge in [0.05, 0.1) is 17.3 Å². The molecule has 1 amide bonds. The second-order valence-corrected chi connectivity index (χ2v) is 5.57. The van der Waals surface area contributed by atoms with Crippen molar-refractivity contribution in [1.82, 2.24) is 10.3 Å². The molecule has 0 spiro atoms. The molecule has 0 bridgehead atoms. The molecule has 1 aliphatic heterocycles. The SMILES string of the molecule is COc1ccc2nc(NCC3CCC(=O)N3)sc2c1. The molecule has 19 heavy (non-hydrogen) atoms. The number of benzene rings is 1. The van der Waals surface area contributed by atoms with Crippen LogP contribution in [-0.2, 0) is 4.79 Å². The Kier molecular flexibility index (Phi) is 3.25. The number of carbonyl (C=O) groups is 1. The molecule has 0 saturated carbocycles. The first-order valence-electron chi connectivity index (χ1n) is 6.22. The van der Waals surface area contributed by atoms with Crippen LogP contribution < -0.4 is 15.4 Å². The number of hydrogen-bond donors (Lipinski definition) is 2. The Hall–Kier alpha value is -1.82. The van der Waals surface area contributed by atoms with Gasteiger partial charge < -0.3 is 15.4 Å². The number of aromatic nitrogens is 1. The number of carbonyl (C=O) groups excluding carboxylic acids is 1. The summed E-state index contributed by atoms with van der Waals surface area (Å²) in [6, 6.07) is 6.06. The van der Waals surface area contributed by atoms with Crippen LogP contribution in [0.2, 0.25) is 0 Å². The van der Waals surface area contributed by atoms with Crippen molar-refractivity contribution in [2.75, 3.05) is 19.0 Å². The number of nitrogens with one attached hydrogen (secondary N) is 2. The van der Waals surface area contributed by atoms with E-state index in [1.54, 1.807) is 18.4 Å². The number of amides is 1. The van der Waals surface area contributed by atoms with Crippen molar-refractivity contribution in [2.45, 2.75) is 18.9 Å². The van der Waals surface area contributed by atoms with E-state index >= 15 is 0 Å². The van der Waals surface area contributed by atoms with Gasteiger partial charge in [-0.1, -0.05) is 11.3 Å². The van der Waals surface area contributed by atoms with Gasteiger partial charge >= 0.3 is 0 Å². The number of methoxy groups -OCH3 is 1. The summed E-state index contributed by atoms with van der Waals surface area (Å²) in [7, 11) is 1.66. The van der Waals surface area contributed by atoms with Crippen LogP contribution in [0.25, 0.3) is 10.2 Å². The zero-order valence-electron chi connectivity index (χ0n) is 10.6. The Bertz CT molecular complexity index is 611. The molecule has 3 rings (SSSR count). The maximum Gasteiger partial charge on any atom is 0.220 e. The molecule has 5 nitrogen and oxygen atoms in total. The van der Waals surface area contributed by atoms with E-state index in [4.69, 9.17) is 4.74 Å². The van der Waals surface area contributed by atoms with Crippen molar-refractivity contribution in [2.24, 2.45) is 0 Å². The quantitative estimate of drug-likeness (QED) is 0.897. The average molecular weight is 277 g/mol. The number of ether oxygens (including phenoxy) is 1. The largest absolute Gasteiger partial charge is 0.497 e. The summed E-state index contributed by atoms with van der Waals surface area (Å²) in [6.07, 6.45) is 1.52. The Labute approximate surface area is 115 Å². The Morgan fingerprint density at radius 3 is 3.21 bits per heavy atom. The number of thiazole rings is 1. The predicted octanol–water partition coefficient (Wildman–Crippen LogP) is 2.00. The molecule has 1 atom stereocenters. The summed E-state index contributed by atoms with van der Waals surface area (Å²) in [5.74, 6) is 0.978. The van der Waals surface area contributed by atoms with Crippen LogP contribution >= 0.6 is 11.3 Å². The third-order valence-corrected chi connectivity index (χ3v) is 4.16. The second-order valence-electron chi connectivity index (χ2n) is 4.54. The summed E-state index contributed by atoms with van der Waals surface area (Å²) in [4.78, 5) is 15.6. The maximum atomic E-state index is 11.1. The number of rotatable bonds is 4. The molecule has 1 saturated heterocycles. The lowest BCUT2D eigenvalue weighted by Crippen LogP contribution is -2.31. The standard InChI is InChI=1S/C13H15N3O2S/c1-18-9-3-4-10-11(6-9)19-13(16-10)14-7-8-2-5-12(17)15-8/h3-4,6,8H,2,5,7H2,1H3,(H,14,16)(H,15,17). The van der Waals surface area contributed by atoms with E-state index in [9.17, 15) is 4.79 Å². The van der Waals surface area contributed by atoms with Crippen molar-refractivity contribution < 1.29 is 9.53 Å². The summed E-state index contributed by atoms with van der Waals surface area (Å²) in [6.45, 7) is 0.725. The van der Waals surface area contributed by atoms with Gasteiger partial charge in [0.15, 0.2) is 5.13 Å². The molecule has 2 N–H and O–H groups in total. The summed E-state index contributed by atoms with van der Waals surface area (Å²) < 4.78 is 6.29. The summed E-state index contributed by atoms with van der Waals surface area (Å²) in [5.41, 5.74) is 0.962. The molecule has 1 unspecified atom stereocenters. The first-order chi connectivity index (χ1) is 9.24. The number of anilines is 1. The molecule has 2 heterocycles. The van der Waals surface area contributed by atoms with Crippen molar-refractivity contribution >= 4 is 32.6 Å². The fourth-order valence-corrected chi connectivity index (χ4v) is 3.05. The van der Waals surface area contributed by atoms with Crippen LogP contribution in [0.5, 0.6) is 5.75 Å². The van der Waals surface area contributed by atoms with Crippen LogP contribution in [0.15, 0.2) is 18.2 Å². The normalized spacial score (nSPS) is 18.6. The molecule has 6 heteroatoms. The van der Waals surface area contributed by atoms with Crippen molar-refractivity contribution in [1.29, 1.82) is 0 Å². The number of fused-ring (bicyclic) bond motifs is 1. The van der Waals surface area contributed by atoms with Gasteiger partial charge in [-0.05, 0) is 24.6 Å². The van der Waals surface area contributed by atoms with E-state index in [1.807, 2.05) is 18.2 Å². The highest BCUT2D eigenvalue weighted by atomic mass is 32.1. The third-order valence-electron chi connectivity index (χ3n) is 3.18. The molecule has 2 aromatic rings. The van der Waals surface area contributed by atoms with Gasteiger partial charge in [-0.25, -0.2) is 4.98 Å². The molecule has 1 fully saturated rings. The second kappa shape index (κ2) is 5.05. The van der Waals surface area contributed by atoms with Crippen LogP contribution in [-0.4, -0.2) is 30.6 Å². The van der Waals surface area contributed by atoms with Crippen molar-refractivity contribution in [3.05, 3.63) is 18.2 Å². The van der Waals surface area contributed by atoms with Crippen LogP contribution in [0.3, 0.4) is 0 Å². The molecule has 1 aliphatic rings. The minimum Gasteiger partial charge on any atom is -0.497 e. The molecule has 100 valence electrons. The minimum atomic E-state index is 0.140. The monoisotopic (exact) mass is 277 g/mol. The number of hydrogen-bond acceptors (Lipinski definition) is 5. The molecule has 0 radical (unpaired) electrons. The lowest BCUT2D eigenvalue weighted by molar-refractivity contribution is -0.119. The molecular formula is C13H15N3O2S. The lowest BCUT2D eigenvalue weighted by atomic mass is 10.2. The molecular weight excluding hydrogens is 262 g/mol. The van der Waals surface area contributed by atoms with E-state index in [-0.39, 0.29) is 11.9 Å². The predicted molar refractivity (Wildman–Crippen MR) is 75.8 cm³/mol. The third kappa shape index (κ3) is 2.63. The van der Waals surface area contributed by atoms with Gasteiger partial charge in [-0.15, -0.1) is 0 Å². The maximum absolute atomic E-state index is 11.1. The van der Waals surface area contributed by atoms with E-state index in [1.165, 1.54) is 0 Å². The summed E-state index contributed by atoms with van der Waals surface area (Å²) in [5, 5.41) is 7.10. The zero-order chi connectivity index (χ0) is 13.2. The van der Waals surface area contributed by atoms with Gasteiger partial charge in [0.2, 0.25) is 5.91 Å². The molecule has 1 aromatic heterocycles. The van der Waals surface area contributed by atoms with Gasteiger partial charge in [-0.2, -0.15) is 0 Å². The van der Waals surface area contributed by atoms with E-state index < -0.39 is 0 Å². The summed E-state index contributed by atoms with van der Waals surface area (Å²) >= 11 is 1.60. The van der Waals surface area contributed by atoms with Crippen molar-refractivity contribution in [3.8, 4) is 5.75 Å². The highest BCUT2D eigenvalue weighted by Gasteiger charge is 2.20. The van der Waals surface area contributed by atoms with Crippen LogP contribution in [0, 0.1) is 0 Å². The van der Waals surface area contributed by atoms with Crippen LogP contribution in [0.1, 0.15) is 12.8 Å². The average Bonchev–Trinajstić information content (AvgIpc) is 3.01. The van der Waals surface area contributed by atoms with Gasteiger partial charge in [-0.3, -0.25) is 4.79 Å². The minimum absolute atomic E-state index is 0.140. The van der Waals surface area contributed by atoms with Crippen molar-refractivity contribution in [3.63, 3.8) is 0 Å². The smallest absolute Gasteiger partial charge is 0.220 e. The molecule has 0 aliphatic carbocycles. The van der Waals surface area contributed by atoms with Gasteiger partial charge in [0.1, 0.15) is 5.75 Å². The Balaban J connectivity index is 1.69. The van der Waals surface area contributed by atoms with Crippen LogP contribution in [0.4, 0.5) is 5.13 Å². The zero-order valence-corrected chi connectivity index (χ0v) is 11.4. The Morgan fingerprint density at radius 2 is 2.47 bits per heavy atom. The number of nitrogens with zero attached hydrogens (tertiary/aromatic N) is 1. The Morgan fingerprint density at radius 1 is 1.58 bits per heavy atom. The van der Waals surface area contributed by atoms with E-state index in [0.717, 1.165) is 34.1 Å². The highest BCUT2D eigenvalue weighted by Crippen LogP contribution is 2.29. The topological polar surface area (TPSA) is 63.2 Å². The van der Waals surface area contributed by atoms with E-state index in [2.05, 4.69) is 15.6 Å². The van der Waals surface area contributed by atoms with Gasteiger partial charge in [0, 0.05) is 19.0 Å². The van der Waals surface area contributed by atoms with Gasteiger partial charge in [0.25, 0.3) is 0 Å². The fourth-order valence-electron chi connectivity index (χ4n) is 2.15. The fraction of sp³-hybridized carbons (Fsp3) is 0.385.